The van der Waals surface area contributed by atoms with Crippen molar-refractivity contribution < 1.29 is 9.18 Å². The number of hydrogen-bond donors (Lipinski definition) is 2. The van der Waals surface area contributed by atoms with Gasteiger partial charge in [0, 0.05) is 46.8 Å². The summed E-state index contributed by atoms with van der Waals surface area (Å²) in [6.07, 6.45) is 7.24. The number of aromatic amines is 1. The molecule has 4 aromatic rings. The van der Waals surface area contributed by atoms with Crippen LogP contribution in [-0.4, -0.2) is 31.9 Å². The molecule has 1 amide bonds. The Morgan fingerprint density at radius 1 is 1.17 bits per heavy atom. The van der Waals surface area contributed by atoms with Crippen molar-refractivity contribution in [3.8, 4) is 11.1 Å². The van der Waals surface area contributed by atoms with Gasteiger partial charge >= 0.3 is 0 Å². The van der Waals surface area contributed by atoms with E-state index in [-0.39, 0.29) is 22.9 Å². The van der Waals surface area contributed by atoms with Crippen LogP contribution in [-0.2, 0) is 6.54 Å². The van der Waals surface area contributed by atoms with E-state index in [0.29, 0.717) is 34.5 Å². The zero-order valence-electron chi connectivity index (χ0n) is 19.4. The fraction of sp³-hybridized carbons (Fsp3) is 0.333. The van der Waals surface area contributed by atoms with E-state index in [1.807, 2.05) is 31.2 Å². The summed E-state index contributed by atoms with van der Waals surface area (Å²) >= 11 is 0. The molecule has 7 nitrogen and oxygen atoms in total. The number of hydrogen-bond acceptors (Lipinski definition) is 4. The first-order valence-corrected chi connectivity index (χ1v) is 12.1. The summed E-state index contributed by atoms with van der Waals surface area (Å²) in [5.41, 5.74) is 2.47. The molecule has 1 spiro atoms. The second kappa shape index (κ2) is 8.15. The lowest BCUT2D eigenvalue weighted by atomic mass is 9.49. The van der Waals surface area contributed by atoms with Gasteiger partial charge in [-0.1, -0.05) is 24.3 Å². The van der Waals surface area contributed by atoms with E-state index in [1.54, 1.807) is 29.2 Å². The van der Waals surface area contributed by atoms with Crippen LogP contribution in [0.1, 0.15) is 54.6 Å². The number of amides is 1. The van der Waals surface area contributed by atoms with Gasteiger partial charge in [0.1, 0.15) is 5.82 Å². The molecule has 6 rings (SSSR count). The molecule has 8 heteroatoms. The van der Waals surface area contributed by atoms with E-state index in [2.05, 4.69) is 20.6 Å². The number of carbonyl (C=O) groups is 1. The van der Waals surface area contributed by atoms with E-state index in [4.69, 9.17) is 0 Å². The third kappa shape index (κ3) is 3.73. The maximum Gasteiger partial charge on any atom is 0.272 e. The average Bonchev–Trinajstić information content (AvgIpc) is 3.29. The third-order valence-corrected chi connectivity index (χ3v) is 7.66. The highest BCUT2D eigenvalue weighted by atomic mass is 19.1. The number of aryl methyl sites for hydroxylation is 1. The van der Waals surface area contributed by atoms with Crippen molar-refractivity contribution in [1.29, 1.82) is 0 Å². The van der Waals surface area contributed by atoms with Gasteiger partial charge < -0.3 is 5.32 Å². The largest absolute Gasteiger partial charge is 0.349 e. The van der Waals surface area contributed by atoms with Gasteiger partial charge in [0.15, 0.2) is 0 Å². The number of fused-ring (bicyclic) bond motifs is 1. The standard InChI is InChI=1S/C27H26FN5O2/c1-2-33-15-18(14-29-33)20-8-7-16(9-23(20)28)25(34)30-19-12-27(13-19)10-17(11-27)24-21-5-3-4-6-22(21)26(35)32-31-24/h3-9,14-15,17,19H,2,10-13H2,1H3,(H,30,34)(H,32,35)/t17-,19-,27?. The van der Waals surface area contributed by atoms with E-state index in [9.17, 15) is 14.0 Å². The predicted octanol–water partition coefficient (Wildman–Crippen LogP) is 4.40. The first kappa shape index (κ1) is 21.7. The number of H-pyrrole nitrogens is 1. The van der Waals surface area contributed by atoms with Crippen molar-refractivity contribution >= 4 is 16.7 Å². The lowest BCUT2D eigenvalue weighted by Crippen LogP contribution is -2.55. The van der Waals surface area contributed by atoms with Gasteiger partial charge in [-0.3, -0.25) is 14.3 Å². The summed E-state index contributed by atoms with van der Waals surface area (Å²) in [5.74, 6) is -0.364. The maximum atomic E-state index is 14.7. The highest BCUT2D eigenvalue weighted by Crippen LogP contribution is 2.62. The number of halogens is 1. The van der Waals surface area contributed by atoms with Crippen molar-refractivity contribution in [2.45, 2.75) is 51.1 Å². The lowest BCUT2D eigenvalue weighted by molar-refractivity contribution is -0.0196. The molecular weight excluding hydrogens is 445 g/mol. The minimum Gasteiger partial charge on any atom is -0.349 e. The Bertz CT molecular complexity index is 1490. The lowest BCUT2D eigenvalue weighted by Gasteiger charge is -2.57. The number of benzene rings is 2. The fourth-order valence-corrected chi connectivity index (χ4v) is 5.88. The Balaban J connectivity index is 1.07. The highest BCUT2D eigenvalue weighted by molar-refractivity contribution is 5.95. The van der Waals surface area contributed by atoms with E-state index < -0.39 is 5.82 Å². The summed E-state index contributed by atoms with van der Waals surface area (Å²) in [6, 6.07) is 12.3. The Morgan fingerprint density at radius 2 is 1.94 bits per heavy atom. The second-order valence-corrected chi connectivity index (χ2v) is 9.95. The van der Waals surface area contributed by atoms with Crippen LogP contribution in [0.4, 0.5) is 4.39 Å². The Kier molecular flexibility index (Phi) is 5.05. The molecule has 2 heterocycles. The van der Waals surface area contributed by atoms with Crippen LogP contribution in [0.25, 0.3) is 21.9 Å². The van der Waals surface area contributed by atoms with Crippen LogP contribution in [0.3, 0.4) is 0 Å². The highest BCUT2D eigenvalue weighted by Gasteiger charge is 2.54. The van der Waals surface area contributed by atoms with Gasteiger partial charge in [-0.25, -0.2) is 9.49 Å². The molecule has 2 fully saturated rings. The van der Waals surface area contributed by atoms with E-state index >= 15 is 0 Å². The normalized spacial score (nSPS) is 23.1. The van der Waals surface area contributed by atoms with E-state index in [0.717, 1.165) is 36.8 Å². The smallest absolute Gasteiger partial charge is 0.272 e. The van der Waals surface area contributed by atoms with Gasteiger partial charge in [0.2, 0.25) is 0 Å². The van der Waals surface area contributed by atoms with Crippen LogP contribution >= 0.6 is 0 Å². The van der Waals surface area contributed by atoms with Crippen LogP contribution in [0.2, 0.25) is 0 Å². The molecule has 0 aliphatic heterocycles. The zero-order chi connectivity index (χ0) is 24.2. The summed E-state index contributed by atoms with van der Waals surface area (Å²) < 4.78 is 16.5. The molecule has 2 saturated carbocycles. The molecule has 0 atom stereocenters. The number of nitrogens with zero attached hydrogens (tertiary/aromatic N) is 3. The van der Waals surface area contributed by atoms with Crippen LogP contribution in [0, 0.1) is 11.2 Å². The average molecular weight is 472 g/mol. The van der Waals surface area contributed by atoms with Crippen molar-refractivity contribution in [2.75, 3.05) is 0 Å². The molecule has 2 aliphatic rings. The molecule has 2 aliphatic carbocycles. The Labute approximate surface area is 201 Å². The molecule has 2 aromatic carbocycles. The number of nitrogens with one attached hydrogen (secondary N) is 2. The Morgan fingerprint density at radius 3 is 2.66 bits per heavy atom. The van der Waals surface area contributed by atoms with Crippen molar-refractivity contribution in [3.05, 3.63) is 82.3 Å². The Hall–Kier alpha value is -3.81. The summed E-state index contributed by atoms with van der Waals surface area (Å²) in [4.78, 5) is 24.8. The summed E-state index contributed by atoms with van der Waals surface area (Å²) in [7, 11) is 0. The number of rotatable bonds is 5. The maximum absolute atomic E-state index is 14.7. The molecule has 0 saturated heterocycles. The summed E-state index contributed by atoms with van der Waals surface area (Å²) in [5, 5.41) is 15.8. The molecule has 178 valence electrons. The van der Waals surface area contributed by atoms with Crippen molar-refractivity contribution in [3.63, 3.8) is 0 Å². The zero-order valence-corrected chi connectivity index (χ0v) is 19.4. The van der Waals surface area contributed by atoms with Gasteiger partial charge in [-0.15, -0.1) is 0 Å². The van der Waals surface area contributed by atoms with Crippen molar-refractivity contribution in [1.82, 2.24) is 25.3 Å². The molecule has 2 N–H and O–H groups in total. The van der Waals surface area contributed by atoms with E-state index in [1.165, 1.54) is 6.07 Å². The van der Waals surface area contributed by atoms with Gasteiger partial charge in [0.25, 0.3) is 11.5 Å². The van der Waals surface area contributed by atoms with Crippen molar-refractivity contribution in [2.24, 2.45) is 5.41 Å². The minimum atomic E-state index is -0.430. The third-order valence-electron chi connectivity index (χ3n) is 7.66. The topological polar surface area (TPSA) is 92.7 Å². The minimum absolute atomic E-state index is 0.0919. The van der Waals surface area contributed by atoms with Gasteiger partial charge in [0.05, 0.1) is 17.3 Å². The molecule has 35 heavy (non-hydrogen) atoms. The number of aromatic nitrogens is 4. The van der Waals surface area contributed by atoms with Crippen LogP contribution in [0.5, 0.6) is 0 Å². The van der Waals surface area contributed by atoms with Gasteiger partial charge in [-0.05, 0) is 56.2 Å². The molecule has 0 bridgehead atoms. The van der Waals surface area contributed by atoms with Crippen LogP contribution in [0.15, 0.2) is 59.7 Å². The predicted molar refractivity (Wildman–Crippen MR) is 131 cm³/mol. The molecule has 0 unspecified atom stereocenters. The second-order valence-electron chi connectivity index (χ2n) is 9.95. The molecular formula is C27H26FN5O2. The SMILES string of the molecule is CCn1cc(-c2ccc(C(=O)N[C@H]3CC4(C3)C[C@H](c3n[nH]c(=O)c5ccccc53)C4)cc2F)cn1. The fourth-order valence-electron chi connectivity index (χ4n) is 5.88. The molecule has 2 aromatic heterocycles. The summed E-state index contributed by atoms with van der Waals surface area (Å²) in [6.45, 7) is 2.68. The monoisotopic (exact) mass is 471 g/mol. The number of carbonyl (C=O) groups excluding carboxylic acids is 1. The first-order valence-electron chi connectivity index (χ1n) is 12.1. The van der Waals surface area contributed by atoms with Crippen LogP contribution < -0.4 is 10.9 Å². The quantitative estimate of drug-likeness (QED) is 0.451. The van der Waals surface area contributed by atoms with Gasteiger partial charge in [-0.2, -0.15) is 10.2 Å². The first-order chi connectivity index (χ1) is 16.9. The molecule has 0 radical (unpaired) electrons.